The molecule has 0 unspecified atom stereocenters. The molecule has 0 saturated carbocycles. The molecule has 0 fully saturated rings. The Kier molecular flexibility index (Phi) is 6.57. The molecule has 1 aliphatic rings. The van der Waals surface area contributed by atoms with Crippen LogP contribution in [-0.4, -0.2) is 41.7 Å². The van der Waals surface area contributed by atoms with Gasteiger partial charge >= 0.3 is 0 Å². The van der Waals surface area contributed by atoms with Gasteiger partial charge < -0.3 is 19.9 Å². The van der Waals surface area contributed by atoms with E-state index >= 15 is 0 Å². The summed E-state index contributed by atoms with van der Waals surface area (Å²) >= 11 is 0. The van der Waals surface area contributed by atoms with Gasteiger partial charge in [0, 0.05) is 35.4 Å². The van der Waals surface area contributed by atoms with Crippen LogP contribution in [-0.2, 0) is 25.5 Å². The molecule has 2 N–H and O–H groups in total. The number of phenolic OH excluding ortho intramolecular Hbond substituents is 1. The number of ether oxygens (including phenoxy) is 2. The summed E-state index contributed by atoms with van der Waals surface area (Å²) in [6.07, 6.45) is 0.0123. The number of non-ortho nitro benzene ring substituents is 1. The highest BCUT2D eigenvalue weighted by atomic mass is 16.6. The number of carbonyl (C=O) groups is 3. The second kappa shape index (κ2) is 9.35. The van der Waals surface area contributed by atoms with Crippen LogP contribution in [0.3, 0.4) is 0 Å². The minimum atomic E-state index is -0.654. The van der Waals surface area contributed by atoms with Crippen LogP contribution < -0.4 is 5.32 Å². The molecule has 2 aromatic carbocycles. The maximum atomic E-state index is 12.8. The number of anilines is 1. The van der Waals surface area contributed by atoms with Crippen LogP contribution >= 0.6 is 0 Å². The molecule has 0 aliphatic heterocycles. The van der Waals surface area contributed by atoms with Gasteiger partial charge in [-0.2, -0.15) is 0 Å². The highest BCUT2D eigenvalue weighted by molar-refractivity contribution is 6.23. The minimum Gasteiger partial charge on any atom is -0.507 e. The van der Waals surface area contributed by atoms with Gasteiger partial charge in [0.25, 0.3) is 11.6 Å². The minimum absolute atomic E-state index is 0.0123. The maximum Gasteiger partial charge on any atom is 0.269 e. The van der Waals surface area contributed by atoms with Crippen LogP contribution in [0.4, 0.5) is 11.4 Å². The third kappa shape index (κ3) is 4.59. The fourth-order valence-corrected chi connectivity index (χ4v) is 3.35. The second-order valence-electron chi connectivity index (χ2n) is 7.11. The molecule has 33 heavy (non-hydrogen) atoms. The third-order valence-corrected chi connectivity index (χ3v) is 5.12. The van der Waals surface area contributed by atoms with Crippen molar-refractivity contribution in [1.82, 2.24) is 0 Å². The van der Waals surface area contributed by atoms with Crippen molar-refractivity contribution in [3.05, 3.63) is 86.4 Å². The van der Waals surface area contributed by atoms with Crippen LogP contribution in [0.1, 0.15) is 22.8 Å². The average Bonchev–Trinajstić information content (AvgIpc) is 2.80. The van der Waals surface area contributed by atoms with E-state index in [1.54, 1.807) is 0 Å². The summed E-state index contributed by atoms with van der Waals surface area (Å²) in [5.74, 6) is -2.29. The molecule has 3 rings (SSSR count). The lowest BCUT2D eigenvalue weighted by molar-refractivity contribution is -0.384. The molecule has 1 aliphatic carbocycles. The van der Waals surface area contributed by atoms with E-state index in [4.69, 9.17) is 9.47 Å². The number of methoxy groups -OCH3 is 2. The molecule has 170 valence electrons. The molecule has 0 spiro atoms. The molecule has 1 amide bonds. The molecule has 0 radical (unpaired) electrons. The molecule has 0 saturated heterocycles. The topological polar surface area (TPSA) is 145 Å². The maximum absolute atomic E-state index is 12.8. The van der Waals surface area contributed by atoms with Gasteiger partial charge in [-0.1, -0.05) is 6.07 Å². The smallest absolute Gasteiger partial charge is 0.269 e. The third-order valence-electron chi connectivity index (χ3n) is 5.12. The number of Topliss-reactive ketones (excluding diaryl/α,β-unsaturated/α-hetero) is 2. The van der Waals surface area contributed by atoms with E-state index in [0.29, 0.717) is 11.3 Å². The first-order chi connectivity index (χ1) is 15.7. The first-order valence-electron chi connectivity index (χ1n) is 9.67. The van der Waals surface area contributed by atoms with Crippen LogP contribution in [0.5, 0.6) is 5.75 Å². The number of amides is 1. The number of benzene rings is 2. The van der Waals surface area contributed by atoms with Gasteiger partial charge in [0.1, 0.15) is 5.75 Å². The summed E-state index contributed by atoms with van der Waals surface area (Å²) in [5.41, 5.74) is 0.971. The van der Waals surface area contributed by atoms with Crippen molar-refractivity contribution >= 4 is 28.8 Å². The van der Waals surface area contributed by atoms with E-state index in [-0.39, 0.29) is 46.1 Å². The number of nitro benzene ring substituents is 1. The van der Waals surface area contributed by atoms with E-state index in [1.807, 2.05) is 0 Å². The van der Waals surface area contributed by atoms with Gasteiger partial charge in [-0.3, -0.25) is 24.5 Å². The van der Waals surface area contributed by atoms with Crippen molar-refractivity contribution in [2.24, 2.45) is 0 Å². The zero-order chi connectivity index (χ0) is 24.3. The number of nitrogens with zero attached hydrogens (tertiary/aromatic N) is 1. The van der Waals surface area contributed by atoms with Crippen molar-refractivity contribution in [3.8, 4) is 5.75 Å². The van der Waals surface area contributed by atoms with Crippen LogP contribution in [0.15, 0.2) is 65.1 Å². The van der Waals surface area contributed by atoms with E-state index < -0.39 is 22.4 Å². The zero-order valence-electron chi connectivity index (χ0n) is 18.0. The Morgan fingerprint density at radius 2 is 1.64 bits per heavy atom. The summed E-state index contributed by atoms with van der Waals surface area (Å²) in [6.45, 7) is 1.50. The van der Waals surface area contributed by atoms with Crippen LogP contribution in [0.2, 0.25) is 0 Å². The lowest BCUT2D eigenvalue weighted by Crippen LogP contribution is -2.26. The van der Waals surface area contributed by atoms with Crippen molar-refractivity contribution < 1.29 is 33.9 Å². The summed E-state index contributed by atoms with van der Waals surface area (Å²) < 4.78 is 10.1. The quantitative estimate of drug-likeness (QED) is 0.370. The Bertz CT molecular complexity index is 1230. The Morgan fingerprint density at radius 3 is 2.21 bits per heavy atom. The van der Waals surface area contributed by atoms with E-state index in [1.165, 1.54) is 63.6 Å². The number of nitro groups is 1. The fraction of sp³-hybridized carbons (Fsp3) is 0.174. The van der Waals surface area contributed by atoms with Gasteiger partial charge in [-0.15, -0.1) is 0 Å². The second-order valence-corrected chi connectivity index (χ2v) is 7.11. The number of ketones is 2. The van der Waals surface area contributed by atoms with Gasteiger partial charge in [0.05, 0.1) is 24.7 Å². The molecule has 0 heterocycles. The zero-order valence-corrected chi connectivity index (χ0v) is 18.0. The fourth-order valence-electron chi connectivity index (χ4n) is 3.35. The monoisotopic (exact) mass is 452 g/mol. The number of aromatic hydroxyl groups is 1. The summed E-state index contributed by atoms with van der Waals surface area (Å²) in [6, 6.07) is 9.43. The van der Waals surface area contributed by atoms with Crippen LogP contribution in [0, 0.1) is 10.1 Å². The molecule has 10 heteroatoms. The molecule has 2 aromatic rings. The number of phenols is 1. The highest BCUT2D eigenvalue weighted by Gasteiger charge is 2.34. The van der Waals surface area contributed by atoms with Crippen molar-refractivity contribution in [2.45, 2.75) is 13.3 Å². The first kappa shape index (κ1) is 23.2. The Hall–Kier alpha value is -4.47. The number of allylic oxidation sites excluding steroid dienone is 2. The number of hydrogen-bond donors (Lipinski definition) is 2. The van der Waals surface area contributed by atoms with E-state index in [0.717, 1.165) is 0 Å². The average molecular weight is 452 g/mol. The number of nitrogens with one attached hydrogen (secondary N) is 1. The standard InChI is InChI=1S/C23H20N2O8/c1-12-16(20(28)22(33-3)21(32-2)19(12)27)10-13-4-9-18(26)17(11-13)23(29)24-14-5-7-15(8-6-14)25(30)31/h4-9,11,26H,10H2,1-3H3,(H,24,29). The van der Waals surface area contributed by atoms with E-state index in [9.17, 15) is 29.6 Å². The van der Waals surface area contributed by atoms with Gasteiger partial charge in [-0.05, 0) is 36.8 Å². The van der Waals surface area contributed by atoms with Crippen molar-refractivity contribution in [3.63, 3.8) is 0 Å². The van der Waals surface area contributed by atoms with Gasteiger partial charge in [0.2, 0.25) is 23.1 Å². The molecule has 0 atom stereocenters. The number of carbonyl (C=O) groups excluding carboxylic acids is 3. The molecule has 10 nitrogen and oxygen atoms in total. The lowest BCUT2D eigenvalue weighted by Gasteiger charge is -2.20. The molecule has 0 aromatic heterocycles. The Morgan fingerprint density at radius 1 is 1.03 bits per heavy atom. The SMILES string of the molecule is COC1=C(OC)C(=O)C(Cc2ccc(O)c(C(=O)Nc3ccc([N+](=O)[O-])cc3)c2)=C(C)C1=O. The highest BCUT2D eigenvalue weighted by Crippen LogP contribution is 2.29. The van der Waals surface area contributed by atoms with E-state index in [2.05, 4.69) is 5.32 Å². The predicted octanol–water partition coefficient (Wildman–Crippen LogP) is 3.07. The van der Waals surface area contributed by atoms with Gasteiger partial charge in [0.15, 0.2) is 0 Å². The summed E-state index contributed by atoms with van der Waals surface area (Å²) in [7, 11) is 2.53. The molecular formula is C23H20N2O8. The molecular weight excluding hydrogens is 432 g/mol. The van der Waals surface area contributed by atoms with Crippen molar-refractivity contribution in [2.75, 3.05) is 19.5 Å². The van der Waals surface area contributed by atoms with Gasteiger partial charge in [-0.25, -0.2) is 0 Å². The predicted molar refractivity (Wildman–Crippen MR) is 117 cm³/mol. The normalized spacial score (nSPS) is 13.8. The number of rotatable bonds is 7. The number of hydrogen-bond acceptors (Lipinski definition) is 8. The lowest BCUT2D eigenvalue weighted by atomic mass is 9.88. The first-order valence-corrected chi connectivity index (χ1v) is 9.67. The molecule has 0 bridgehead atoms. The van der Waals surface area contributed by atoms with Crippen LogP contribution in [0.25, 0.3) is 0 Å². The Labute approximate surface area is 188 Å². The summed E-state index contributed by atoms with van der Waals surface area (Å²) in [5, 5.41) is 23.5. The Balaban J connectivity index is 1.86. The largest absolute Gasteiger partial charge is 0.507 e. The van der Waals surface area contributed by atoms with Crippen molar-refractivity contribution in [1.29, 1.82) is 0 Å². The summed E-state index contributed by atoms with van der Waals surface area (Å²) in [4.78, 5) is 48.3.